The van der Waals surface area contributed by atoms with Crippen LogP contribution in [0.1, 0.15) is 20.8 Å². The summed E-state index contributed by atoms with van der Waals surface area (Å²) >= 11 is 1.64. The van der Waals surface area contributed by atoms with Crippen LogP contribution < -0.4 is 0 Å². The van der Waals surface area contributed by atoms with E-state index >= 15 is 0 Å². The van der Waals surface area contributed by atoms with Crippen molar-refractivity contribution in [2.24, 2.45) is 0 Å². The van der Waals surface area contributed by atoms with Gasteiger partial charge in [0.2, 0.25) is 0 Å². The van der Waals surface area contributed by atoms with Gasteiger partial charge in [-0.05, 0) is 37.3 Å². The van der Waals surface area contributed by atoms with Crippen molar-refractivity contribution in [1.82, 2.24) is 0 Å². The maximum Gasteiger partial charge on any atom is 0.341 e. The van der Waals surface area contributed by atoms with Crippen molar-refractivity contribution in [3.8, 4) is 0 Å². The van der Waals surface area contributed by atoms with E-state index in [0.29, 0.717) is 5.76 Å². The molecule has 16 heavy (non-hydrogen) atoms. The van der Waals surface area contributed by atoms with Crippen LogP contribution in [0.3, 0.4) is 0 Å². The minimum absolute atomic E-state index is 0.321. The molecule has 0 unspecified atom stereocenters. The molecule has 0 spiro atoms. The largest absolute Gasteiger partial charge is 0.482 e. The topological polar surface area (TPSA) is 46.5 Å². The van der Waals surface area contributed by atoms with Crippen molar-refractivity contribution in [1.29, 1.82) is 0 Å². The number of hydrogen-bond donors (Lipinski definition) is 1. The Morgan fingerprint density at radius 3 is 2.62 bits per heavy atom. The Morgan fingerprint density at radius 1 is 1.56 bits per heavy atom. The number of thioether (sulfide) groups is 1. The van der Waals surface area contributed by atoms with Gasteiger partial charge >= 0.3 is 5.97 Å². The molecule has 0 aromatic rings. The minimum atomic E-state index is -0.978. The van der Waals surface area contributed by atoms with E-state index in [1.165, 1.54) is 0 Å². The van der Waals surface area contributed by atoms with Gasteiger partial charge in [-0.3, -0.25) is 0 Å². The van der Waals surface area contributed by atoms with E-state index in [1.54, 1.807) is 17.8 Å². The third kappa shape index (κ3) is 6.35. The standard InChI is InChI=1S/C12H18O3S/c1-5-11(15-8-12(13)14)9(3)7-10(4)16-6-2/h5,7H,4,6,8H2,1-3H3,(H,13,14)/b9-7-,11-5+. The van der Waals surface area contributed by atoms with Crippen molar-refractivity contribution in [3.63, 3.8) is 0 Å². The molecule has 0 bridgehead atoms. The van der Waals surface area contributed by atoms with Gasteiger partial charge < -0.3 is 9.84 Å². The zero-order chi connectivity index (χ0) is 12.6. The zero-order valence-corrected chi connectivity index (χ0v) is 10.8. The van der Waals surface area contributed by atoms with Gasteiger partial charge in [-0.25, -0.2) is 4.79 Å². The molecule has 0 saturated heterocycles. The Balaban J connectivity index is 4.47. The number of carbonyl (C=O) groups is 1. The molecule has 0 aliphatic rings. The number of ether oxygens (including phenoxy) is 1. The van der Waals surface area contributed by atoms with E-state index in [4.69, 9.17) is 9.84 Å². The van der Waals surface area contributed by atoms with Crippen LogP contribution in [-0.4, -0.2) is 23.4 Å². The number of hydrogen-bond acceptors (Lipinski definition) is 3. The molecule has 0 aromatic carbocycles. The van der Waals surface area contributed by atoms with Crippen LogP contribution in [0.15, 0.2) is 35.0 Å². The number of allylic oxidation sites excluding steroid dienone is 3. The third-order valence-electron chi connectivity index (χ3n) is 1.71. The Labute approximate surface area is 101 Å². The molecule has 0 heterocycles. The molecule has 0 atom stereocenters. The first kappa shape index (κ1) is 14.8. The average molecular weight is 242 g/mol. The molecule has 0 amide bonds. The maximum atomic E-state index is 10.4. The second kappa shape index (κ2) is 8.05. The summed E-state index contributed by atoms with van der Waals surface area (Å²) in [4.78, 5) is 11.3. The van der Waals surface area contributed by atoms with Crippen LogP contribution in [-0.2, 0) is 9.53 Å². The van der Waals surface area contributed by atoms with Crippen molar-refractivity contribution >= 4 is 17.7 Å². The Bertz CT molecular complexity index is 316. The van der Waals surface area contributed by atoms with Gasteiger partial charge in [0.05, 0.1) is 0 Å². The highest BCUT2D eigenvalue weighted by Crippen LogP contribution is 2.19. The summed E-state index contributed by atoms with van der Waals surface area (Å²) in [7, 11) is 0. The monoisotopic (exact) mass is 242 g/mol. The van der Waals surface area contributed by atoms with Crippen molar-refractivity contribution in [2.75, 3.05) is 12.4 Å². The molecule has 0 fully saturated rings. The predicted molar refractivity (Wildman–Crippen MR) is 68.4 cm³/mol. The molecule has 3 nitrogen and oxygen atoms in total. The fourth-order valence-corrected chi connectivity index (χ4v) is 1.73. The van der Waals surface area contributed by atoms with E-state index in [-0.39, 0.29) is 6.61 Å². The quantitative estimate of drug-likeness (QED) is 0.550. The molecule has 0 aliphatic carbocycles. The Kier molecular flexibility index (Phi) is 7.46. The van der Waals surface area contributed by atoms with E-state index in [1.807, 2.05) is 19.9 Å². The summed E-state index contributed by atoms with van der Waals surface area (Å²) < 4.78 is 5.14. The second-order valence-corrected chi connectivity index (χ2v) is 4.45. The molecule has 1 N–H and O–H groups in total. The van der Waals surface area contributed by atoms with Crippen LogP contribution >= 0.6 is 11.8 Å². The lowest BCUT2D eigenvalue weighted by Gasteiger charge is -2.09. The van der Waals surface area contributed by atoms with Crippen molar-refractivity contribution < 1.29 is 14.6 Å². The summed E-state index contributed by atoms with van der Waals surface area (Å²) in [5, 5.41) is 8.51. The summed E-state index contributed by atoms with van der Waals surface area (Å²) in [5.74, 6) is 0.568. The highest BCUT2D eigenvalue weighted by Gasteiger charge is 2.04. The van der Waals surface area contributed by atoms with Crippen LogP contribution in [0.5, 0.6) is 0 Å². The minimum Gasteiger partial charge on any atom is -0.482 e. The van der Waals surface area contributed by atoms with Gasteiger partial charge in [-0.2, -0.15) is 0 Å². The first-order chi connectivity index (χ1) is 7.51. The van der Waals surface area contributed by atoms with Gasteiger partial charge in [0.15, 0.2) is 6.61 Å². The number of aliphatic carboxylic acids is 1. The van der Waals surface area contributed by atoms with E-state index in [0.717, 1.165) is 16.2 Å². The molecule has 0 rings (SSSR count). The smallest absolute Gasteiger partial charge is 0.341 e. The van der Waals surface area contributed by atoms with Gasteiger partial charge in [-0.15, -0.1) is 11.8 Å². The second-order valence-electron chi connectivity index (χ2n) is 3.06. The normalized spacial score (nSPS) is 12.4. The van der Waals surface area contributed by atoms with Gasteiger partial charge in [0.1, 0.15) is 5.76 Å². The van der Waals surface area contributed by atoms with Gasteiger partial charge in [0, 0.05) is 4.91 Å². The maximum absolute atomic E-state index is 10.4. The number of rotatable bonds is 7. The zero-order valence-electron chi connectivity index (χ0n) is 9.95. The lowest BCUT2D eigenvalue weighted by molar-refractivity contribution is -0.140. The Morgan fingerprint density at radius 2 is 2.19 bits per heavy atom. The van der Waals surface area contributed by atoms with E-state index in [2.05, 4.69) is 13.5 Å². The Hall–Kier alpha value is -1.16. The molecule has 0 saturated carbocycles. The van der Waals surface area contributed by atoms with Gasteiger partial charge in [-0.1, -0.05) is 13.5 Å². The molecule has 0 aromatic heterocycles. The van der Waals surface area contributed by atoms with Crippen LogP contribution in [0.4, 0.5) is 0 Å². The van der Waals surface area contributed by atoms with E-state index in [9.17, 15) is 4.79 Å². The lowest BCUT2D eigenvalue weighted by atomic mass is 10.2. The first-order valence-electron chi connectivity index (χ1n) is 5.02. The molecule has 90 valence electrons. The average Bonchev–Trinajstić information content (AvgIpc) is 2.18. The van der Waals surface area contributed by atoms with Crippen LogP contribution in [0, 0.1) is 0 Å². The van der Waals surface area contributed by atoms with Gasteiger partial charge in [0.25, 0.3) is 0 Å². The third-order valence-corrected chi connectivity index (χ3v) is 2.49. The summed E-state index contributed by atoms with van der Waals surface area (Å²) in [5.41, 5.74) is 0.884. The summed E-state index contributed by atoms with van der Waals surface area (Å²) in [6, 6.07) is 0. The highest BCUT2D eigenvalue weighted by molar-refractivity contribution is 8.03. The summed E-state index contributed by atoms with van der Waals surface area (Å²) in [6.45, 7) is 9.30. The SMILES string of the molecule is C=C(/C=C(C)\C(=C/C)OCC(=O)O)SCC. The van der Waals surface area contributed by atoms with Crippen molar-refractivity contribution in [3.05, 3.63) is 35.0 Å². The molecule has 0 radical (unpaired) electrons. The molecular formula is C12H18O3S. The van der Waals surface area contributed by atoms with E-state index < -0.39 is 5.97 Å². The summed E-state index contributed by atoms with van der Waals surface area (Å²) in [6.07, 6.45) is 3.64. The fraction of sp³-hybridized carbons (Fsp3) is 0.417. The molecular weight excluding hydrogens is 224 g/mol. The van der Waals surface area contributed by atoms with Crippen LogP contribution in [0.25, 0.3) is 0 Å². The van der Waals surface area contributed by atoms with Crippen LogP contribution in [0.2, 0.25) is 0 Å². The highest BCUT2D eigenvalue weighted by atomic mass is 32.2. The number of carboxylic acid groups (broad SMARTS) is 1. The molecule has 4 heteroatoms. The predicted octanol–water partition coefficient (Wildman–Crippen LogP) is 3.20. The molecule has 0 aliphatic heterocycles. The number of carboxylic acids is 1. The lowest BCUT2D eigenvalue weighted by Crippen LogP contribution is -2.07. The first-order valence-corrected chi connectivity index (χ1v) is 6.01. The fourth-order valence-electron chi connectivity index (χ4n) is 1.10. The van der Waals surface area contributed by atoms with Crippen molar-refractivity contribution in [2.45, 2.75) is 20.8 Å².